The summed E-state index contributed by atoms with van der Waals surface area (Å²) in [5.41, 5.74) is 0.229. The van der Waals surface area contributed by atoms with E-state index in [0.717, 1.165) is 19.5 Å². The zero-order chi connectivity index (χ0) is 8.48. The highest BCUT2D eigenvalue weighted by Crippen LogP contribution is 2.30. The minimum absolute atomic E-state index is 0.101. The van der Waals surface area contributed by atoms with Crippen LogP contribution in [-0.2, 0) is 0 Å². The summed E-state index contributed by atoms with van der Waals surface area (Å²) in [6, 6.07) is 0. The second-order valence-corrected chi connectivity index (χ2v) is 4.53. The molecule has 1 aliphatic heterocycles. The summed E-state index contributed by atoms with van der Waals surface area (Å²) >= 11 is 0. The Hall–Kier alpha value is -0.0800. The van der Waals surface area contributed by atoms with Gasteiger partial charge in [-0.25, -0.2) is 0 Å². The molecule has 2 unspecified atom stereocenters. The van der Waals surface area contributed by atoms with E-state index in [1.165, 1.54) is 0 Å². The van der Waals surface area contributed by atoms with Gasteiger partial charge in [0.15, 0.2) is 0 Å². The maximum absolute atomic E-state index is 9.66. The van der Waals surface area contributed by atoms with Crippen LogP contribution < -0.4 is 5.32 Å². The summed E-state index contributed by atoms with van der Waals surface area (Å²) in [5.74, 6) is 0.413. The first kappa shape index (κ1) is 9.01. The number of rotatable bonds is 0. The third-order valence-corrected chi connectivity index (χ3v) is 2.56. The van der Waals surface area contributed by atoms with Gasteiger partial charge in [0.25, 0.3) is 0 Å². The zero-order valence-electron chi connectivity index (χ0n) is 7.72. The fourth-order valence-corrected chi connectivity index (χ4v) is 1.73. The maximum atomic E-state index is 9.66. The number of aliphatic hydroxyl groups excluding tert-OH is 1. The van der Waals surface area contributed by atoms with E-state index < -0.39 is 0 Å². The second kappa shape index (κ2) is 3.11. The van der Waals surface area contributed by atoms with Crippen LogP contribution in [0.4, 0.5) is 0 Å². The highest BCUT2D eigenvalue weighted by atomic mass is 16.3. The Kier molecular flexibility index (Phi) is 2.55. The third kappa shape index (κ3) is 2.17. The fraction of sp³-hybridized carbons (Fsp3) is 1.00. The van der Waals surface area contributed by atoms with Crippen molar-refractivity contribution in [2.45, 2.75) is 33.3 Å². The summed E-state index contributed by atoms with van der Waals surface area (Å²) in [6.07, 6.45) is 0.804. The molecule has 2 N–H and O–H groups in total. The SMILES string of the molecule is CC(C)(C)C1CNCCC1O. The summed E-state index contributed by atoms with van der Waals surface area (Å²) < 4.78 is 0. The van der Waals surface area contributed by atoms with Gasteiger partial charge in [0.05, 0.1) is 6.10 Å². The molecule has 0 radical (unpaired) electrons. The van der Waals surface area contributed by atoms with E-state index in [2.05, 4.69) is 26.1 Å². The Morgan fingerprint density at radius 3 is 2.36 bits per heavy atom. The molecule has 0 spiro atoms. The standard InChI is InChI=1S/C9H19NO/c1-9(2,3)7-6-10-5-4-8(7)11/h7-8,10-11H,4-6H2,1-3H3. The first-order valence-corrected chi connectivity index (χ1v) is 4.40. The van der Waals surface area contributed by atoms with E-state index in [4.69, 9.17) is 0 Å². The molecule has 2 nitrogen and oxygen atoms in total. The smallest absolute Gasteiger partial charge is 0.0597 e. The first-order chi connectivity index (χ1) is 5.02. The van der Waals surface area contributed by atoms with Crippen LogP contribution in [-0.4, -0.2) is 24.3 Å². The van der Waals surface area contributed by atoms with Crippen molar-refractivity contribution < 1.29 is 5.11 Å². The van der Waals surface area contributed by atoms with Crippen molar-refractivity contribution in [2.24, 2.45) is 11.3 Å². The molecule has 0 aromatic carbocycles. The van der Waals surface area contributed by atoms with Gasteiger partial charge in [-0.05, 0) is 18.4 Å². The summed E-state index contributed by atoms with van der Waals surface area (Å²) in [7, 11) is 0. The molecule has 1 fully saturated rings. The van der Waals surface area contributed by atoms with Crippen LogP contribution in [0.5, 0.6) is 0 Å². The van der Waals surface area contributed by atoms with Crippen molar-refractivity contribution in [1.29, 1.82) is 0 Å². The van der Waals surface area contributed by atoms with Gasteiger partial charge in [-0.1, -0.05) is 20.8 Å². The molecule has 2 atom stereocenters. The minimum Gasteiger partial charge on any atom is -0.393 e. The molecule has 1 rings (SSSR count). The van der Waals surface area contributed by atoms with E-state index >= 15 is 0 Å². The molecule has 1 saturated heterocycles. The third-order valence-electron chi connectivity index (χ3n) is 2.56. The Balaban J connectivity index is 2.55. The van der Waals surface area contributed by atoms with Crippen molar-refractivity contribution >= 4 is 0 Å². The monoisotopic (exact) mass is 157 g/mol. The summed E-state index contributed by atoms with van der Waals surface area (Å²) in [4.78, 5) is 0. The Morgan fingerprint density at radius 1 is 1.36 bits per heavy atom. The zero-order valence-corrected chi connectivity index (χ0v) is 7.72. The molecule has 0 aliphatic carbocycles. The lowest BCUT2D eigenvalue weighted by atomic mass is 9.75. The fourth-order valence-electron chi connectivity index (χ4n) is 1.73. The predicted octanol–water partition coefficient (Wildman–Crippen LogP) is 1.00. The van der Waals surface area contributed by atoms with Crippen molar-refractivity contribution in [3.05, 3.63) is 0 Å². The lowest BCUT2D eigenvalue weighted by molar-refractivity contribution is 0.0201. The largest absolute Gasteiger partial charge is 0.393 e. The van der Waals surface area contributed by atoms with Gasteiger partial charge >= 0.3 is 0 Å². The van der Waals surface area contributed by atoms with Gasteiger partial charge in [-0.15, -0.1) is 0 Å². The van der Waals surface area contributed by atoms with Crippen LogP contribution in [0, 0.1) is 11.3 Å². The van der Waals surface area contributed by atoms with Gasteiger partial charge in [0, 0.05) is 12.5 Å². The lowest BCUT2D eigenvalue weighted by Crippen LogP contribution is -2.45. The van der Waals surface area contributed by atoms with Crippen LogP contribution >= 0.6 is 0 Å². The maximum Gasteiger partial charge on any atom is 0.0597 e. The average molecular weight is 157 g/mol. The minimum atomic E-state index is -0.101. The topological polar surface area (TPSA) is 32.3 Å². The van der Waals surface area contributed by atoms with Crippen molar-refractivity contribution in [2.75, 3.05) is 13.1 Å². The quantitative estimate of drug-likeness (QED) is 0.550. The van der Waals surface area contributed by atoms with Crippen LogP contribution in [0.3, 0.4) is 0 Å². The van der Waals surface area contributed by atoms with Crippen molar-refractivity contribution in [3.63, 3.8) is 0 Å². The molecular formula is C9H19NO. The van der Waals surface area contributed by atoms with E-state index in [9.17, 15) is 5.11 Å². The van der Waals surface area contributed by atoms with E-state index in [1.54, 1.807) is 0 Å². The lowest BCUT2D eigenvalue weighted by Gasteiger charge is -2.38. The Bertz CT molecular complexity index is 128. The Morgan fingerprint density at radius 2 is 2.00 bits per heavy atom. The summed E-state index contributed by atoms with van der Waals surface area (Å²) in [6.45, 7) is 8.49. The number of nitrogens with one attached hydrogen (secondary N) is 1. The molecule has 2 heteroatoms. The van der Waals surface area contributed by atoms with Gasteiger partial charge in [-0.3, -0.25) is 0 Å². The number of aliphatic hydroxyl groups is 1. The molecule has 0 amide bonds. The highest BCUT2D eigenvalue weighted by molar-refractivity contribution is 4.85. The van der Waals surface area contributed by atoms with Crippen LogP contribution in [0.15, 0.2) is 0 Å². The van der Waals surface area contributed by atoms with E-state index in [-0.39, 0.29) is 11.5 Å². The number of hydrogen-bond donors (Lipinski definition) is 2. The molecule has 0 aromatic rings. The normalized spacial score (nSPS) is 33.8. The Labute approximate surface area is 69.0 Å². The van der Waals surface area contributed by atoms with Crippen molar-refractivity contribution in [3.8, 4) is 0 Å². The first-order valence-electron chi connectivity index (χ1n) is 4.40. The molecule has 0 aromatic heterocycles. The average Bonchev–Trinajstić information content (AvgIpc) is 1.86. The highest BCUT2D eigenvalue weighted by Gasteiger charge is 2.32. The molecular weight excluding hydrogens is 138 g/mol. The molecule has 11 heavy (non-hydrogen) atoms. The van der Waals surface area contributed by atoms with E-state index in [0.29, 0.717) is 5.92 Å². The summed E-state index contributed by atoms with van der Waals surface area (Å²) in [5, 5.41) is 13.0. The van der Waals surface area contributed by atoms with Crippen molar-refractivity contribution in [1.82, 2.24) is 5.32 Å². The molecule has 0 bridgehead atoms. The molecule has 66 valence electrons. The van der Waals surface area contributed by atoms with Crippen LogP contribution in [0.1, 0.15) is 27.2 Å². The molecule has 0 saturated carbocycles. The van der Waals surface area contributed by atoms with Crippen LogP contribution in [0.25, 0.3) is 0 Å². The predicted molar refractivity (Wildman–Crippen MR) is 46.4 cm³/mol. The van der Waals surface area contributed by atoms with Crippen LogP contribution in [0.2, 0.25) is 0 Å². The van der Waals surface area contributed by atoms with E-state index in [1.807, 2.05) is 0 Å². The van der Waals surface area contributed by atoms with Gasteiger partial charge in [0.2, 0.25) is 0 Å². The number of hydrogen-bond acceptors (Lipinski definition) is 2. The number of piperidine rings is 1. The van der Waals surface area contributed by atoms with Gasteiger partial charge in [0.1, 0.15) is 0 Å². The molecule has 1 heterocycles. The van der Waals surface area contributed by atoms with Gasteiger partial charge < -0.3 is 10.4 Å². The second-order valence-electron chi connectivity index (χ2n) is 4.53. The molecule has 1 aliphatic rings. The van der Waals surface area contributed by atoms with Gasteiger partial charge in [-0.2, -0.15) is 0 Å².